The van der Waals surface area contributed by atoms with Gasteiger partial charge in [-0.05, 0) is 58.8 Å². The van der Waals surface area contributed by atoms with Crippen molar-refractivity contribution < 1.29 is 0 Å². The lowest BCUT2D eigenvalue weighted by Crippen LogP contribution is -2.58. The summed E-state index contributed by atoms with van der Waals surface area (Å²) in [5.41, 5.74) is 2.76. The molecule has 2 unspecified atom stereocenters. The lowest BCUT2D eigenvalue weighted by atomic mass is 9.84. The van der Waals surface area contributed by atoms with Gasteiger partial charge in [0, 0.05) is 30.7 Å². The van der Waals surface area contributed by atoms with Crippen molar-refractivity contribution in [1.29, 1.82) is 0 Å². The van der Waals surface area contributed by atoms with Gasteiger partial charge in [0.2, 0.25) is 0 Å². The smallest absolute Gasteiger partial charge is 0.0624 e. The van der Waals surface area contributed by atoms with Crippen LogP contribution in [0.4, 0.5) is 0 Å². The van der Waals surface area contributed by atoms with Crippen molar-refractivity contribution >= 4 is 0 Å². The summed E-state index contributed by atoms with van der Waals surface area (Å²) in [4.78, 5) is 2.69. The highest BCUT2D eigenvalue weighted by molar-refractivity contribution is 5.14. The highest BCUT2D eigenvalue weighted by Crippen LogP contribution is 2.29. The summed E-state index contributed by atoms with van der Waals surface area (Å²) >= 11 is 0. The lowest BCUT2D eigenvalue weighted by molar-refractivity contribution is 0.0865. The van der Waals surface area contributed by atoms with Crippen LogP contribution < -0.4 is 5.32 Å². The van der Waals surface area contributed by atoms with Crippen LogP contribution in [0.2, 0.25) is 0 Å². The molecule has 21 heavy (non-hydrogen) atoms. The van der Waals surface area contributed by atoms with Crippen molar-refractivity contribution in [2.24, 2.45) is 7.05 Å². The first-order valence-corrected chi connectivity index (χ1v) is 8.49. The minimum atomic E-state index is 0.224. The molecule has 0 bridgehead atoms. The molecular formula is C17H32N4. The summed E-state index contributed by atoms with van der Waals surface area (Å²) in [5.74, 6) is 0. The van der Waals surface area contributed by atoms with Crippen LogP contribution in [-0.2, 0) is 19.9 Å². The van der Waals surface area contributed by atoms with Gasteiger partial charge in [0.05, 0.1) is 5.69 Å². The summed E-state index contributed by atoms with van der Waals surface area (Å²) in [6.07, 6.45) is 5.92. The van der Waals surface area contributed by atoms with Gasteiger partial charge >= 0.3 is 0 Å². The van der Waals surface area contributed by atoms with Crippen molar-refractivity contribution in [3.63, 3.8) is 0 Å². The number of hydrogen-bond donors (Lipinski definition) is 1. The fourth-order valence-electron chi connectivity index (χ4n) is 3.70. The first-order chi connectivity index (χ1) is 10.0. The molecule has 1 saturated heterocycles. The Morgan fingerprint density at radius 1 is 1.33 bits per heavy atom. The van der Waals surface area contributed by atoms with Crippen molar-refractivity contribution in [3.8, 4) is 0 Å². The third kappa shape index (κ3) is 3.32. The van der Waals surface area contributed by atoms with Gasteiger partial charge in [-0.25, -0.2) is 0 Å². The summed E-state index contributed by atoms with van der Waals surface area (Å²) in [6.45, 7) is 9.41. The third-order valence-corrected chi connectivity index (χ3v) is 5.45. The second-order valence-electron chi connectivity index (χ2n) is 6.55. The van der Waals surface area contributed by atoms with E-state index in [2.05, 4.69) is 60.9 Å². The van der Waals surface area contributed by atoms with E-state index in [1.807, 2.05) is 0 Å². The molecule has 120 valence electrons. The molecule has 0 spiro atoms. The third-order valence-electron chi connectivity index (χ3n) is 5.45. The maximum Gasteiger partial charge on any atom is 0.0624 e. The maximum absolute atomic E-state index is 4.60. The molecule has 0 aliphatic carbocycles. The second kappa shape index (κ2) is 6.93. The van der Waals surface area contributed by atoms with E-state index in [0.29, 0.717) is 6.04 Å². The summed E-state index contributed by atoms with van der Waals surface area (Å²) in [5, 5.41) is 8.19. The van der Waals surface area contributed by atoms with Gasteiger partial charge < -0.3 is 5.32 Å². The molecule has 0 radical (unpaired) electrons. The second-order valence-corrected chi connectivity index (χ2v) is 6.55. The Morgan fingerprint density at radius 3 is 2.48 bits per heavy atom. The molecule has 1 fully saturated rings. The van der Waals surface area contributed by atoms with Crippen molar-refractivity contribution in [1.82, 2.24) is 20.0 Å². The van der Waals surface area contributed by atoms with E-state index < -0.39 is 0 Å². The van der Waals surface area contributed by atoms with E-state index in [9.17, 15) is 0 Å². The van der Waals surface area contributed by atoms with E-state index in [4.69, 9.17) is 0 Å². The molecule has 2 heterocycles. The number of likely N-dealkylation sites (tertiary alicyclic amines) is 1. The topological polar surface area (TPSA) is 33.1 Å². The highest BCUT2D eigenvalue weighted by Gasteiger charge is 2.39. The molecule has 0 aromatic carbocycles. The molecule has 4 nitrogen and oxygen atoms in total. The molecule has 2 rings (SSSR count). The monoisotopic (exact) mass is 292 g/mol. The van der Waals surface area contributed by atoms with Gasteiger partial charge in [0.1, 0.15) is 0 Å². The van der Waals surface area contributed by atoms with Gasteiger partial charge in [-0.1, -0.05) is 13.8 Å². The average molecular weight is 292 g/mol. The fraction of sp³-hybridized carbons (Fsp3) is 0.824. The van der Waals surface area contributed by atoms with Gasteiger partial charge in [-0.2, -0.15) is 5.10 Å². The molecule has 2 atom stereocenters. The zero-order chi connectivity index (χ0) is 15.5. The molecular weight excluding hydrogens is 260 g/mol. The van der Waals surface area contributed by atoms with Crippen LogP contribution >= 0.6 is 0 Å². The highest BCUT2D eigenvalue weighted by atomic mass is 15.3. The SMILES string of the molecule is CCc1cc(CC(NC)C(C)(CC)N2CCCC2)n(C)n1. The largest absolute Gasteiger partial charge is 0.315 e. The normalized spacial score (nSPS) is 20.6. The number of aromatic nitrogens is 2. The maximum atomic E-state index is 4.60. The van der Waals surface area contributed by atoms with Gasteiger partial charge in [-0.3, -0.25) is 9.58 Å². The van der Waals surface area contributed by atoms with Crippen LogP contribution in [0.1, 0.15) is 51.4 Å². The zero-order valence-electron chi connectivity index (χ0n) is 14.4. The molecule has 1 aromatic heterocycles. The number of hydrogen-bond acceptors (Lipinski definition) is 3. The Balaban J connectivity index is 2.18. The van der Waals surface area contributed by atoms with E-state index in [1.165, 1.54) is 43.7 Å². The van der Waals surface area contributed by atoms with Gasteiger partial charge in [0.15, 0.2) is 0 Å². The minimum Gasteiger partial charge on any atom is -0.315 e. The molecule has 0 amide bonds. The van der Waals surface area contributed by atoms with Crippen LogP contribution in [0.5, 0.6) is 0 Å². The Kier molecular flexibility index (Phi) is 5.44. The zero-order valence-corrected chi connectivity index (χ0v) is 14.4. The fourth-order valence-corrected chi connectivity index (χ4v) is 3.70. The van der Waals surface area contributed by atoms with E-state index in [1.54, 1.807) is 0 Å². The Labute approximate surface area is 129 Å². The molecule has 1 aromatic rings. The van der Waals surface area contributed by atoms with Crippen LogP contribution in [0.15, 0.2) is 6.07 Å². The predicted molar refractivity (Wildman–Crippen MR) is 88.6 cm³/mol. The Morgan fingerprint density at radius 2 is 2.00 bits per heavy atom. The summed E-state index contributed by atoms with van der Waals surface area (Å²) in [7, 11) is 4.17. The molecule has 1 aliphatic heterocycles. The Hall–Kier alpha value is -0.870. The van der Waals surface area contributed by atoms with Crippen LogP contribution in [0.25, 0.3) is 0 Å². The molecule has 0 saturated carbocycles. The van der Waals surface area contributed by atoms with Crippen molar-refractivity contribution in [2.45, 2.75) is 64.5 Å². The minimum absolute atomic E-state index is 0.224. The Bertz CT molecular complexity index is 448. The summed E-state index contributed by atoms with van der Waals surface area (Å²) in [6, 6.07) is 2.73. The first kappa shape index (κ1) is 16.5. The predicted octanol–water partition coefficient (Wildman–Crippen LogP) is 2.38. The van der Waals surface area contributed by atoms with Crippen molar-refractivity contribution in [3.05, 3.63) is 17.5 Å². The summed E-state index contributed by atoms with van der Waals surface area (Å²) < 4.78 is 2.06. The number of nitrogens with zero attached hydrogens (tertiary/aromatic N) is 3. The van der Waals surface area contributed by atoms with Gasteiger partial charge in [-0.15, -0.1) is 0 Å². The standard InChI is InChI=1S/C17H32N4/c1-6-14-12-15(20(5)19-14)13-16(18-4)17(3,7-2)21-10-8-9-11-21/h12,16,18H,6-11,13H2,1-5H3. The quantitative estimate of drug-likeness (QED) is 0.837. The lowest BCUT2D eigenvalue weighted by Gasteiger charge is -2.44. The van der Waals surface area contributed by atoms with Crippen molar-refractivity contribution in [2.75, 3.05) is 20.1 Å². The number of aryl methyl sites for hydroxylation is 2. The molecule has 4 heteroatoms. The van der Waals surface area contributed by atoms with Crippen LogP contribution in [0, 0.1) is 0 Å². The number of likely N-dealkylation sites (N-methyl/N-ethyl adjacent to an activating group) is 1. The van der Waals surface area contributed by atoms with E-state index >= 15 is 0 Å². The van der Waals surface area contributed by atoms with E-state index in [0.717, 1.165) is 12.8 Å². The number of rotatable bonds is 7. The molecule has 1 N–H and O–H groups in total. The first-order valence-electron chi connectivity index (χ1n) is 8.49. The van der Waals surface area contributed by atoms with Gasteiger partial charge in [0.25, 0.3) is 0 Å². The van der Waals surface area contributed by atoms with Crippen LogP contribution in [0.3, 0.4) is 0 Å². The average Bonchev–Trinajstić information content (AvgIpc) is 3.14. The molecule has 1 aliphatic rings. The number of nitrogens with one attached hydrogen (secondary N) is 1. The van der Waals surface area contributed by atoms with Crippen LogP contribution in [-0.4, -0.2) is 46.4 Å². The van der Waals surface area contributed by atoms with E-state index in [-0.39, 0.29) is 5.54 Å².